The Balaban J connectivity index is 3.51. The molecule has 0 amide bonds. The highest BCUT2D eigenvalue weighted by Gasteiger charge is 2.26. The molecule has 18 heavy (non-hydrogen) atoms. The number of aliphatic hydroxyl groups is 1. The van der Waals surface area contributed by atoms with E-state index in [1.165, 1.54) is 25.7 Å². The highest BCUT2D eigenvalue weighted by molar-refractivity contribution is 5.75. The lowest BCUT2D eigenvalue weighted by atomic mass is 10.0. The van der Waals surface area contributed by atoms with Gasteiger partial charge in [0.25, 0.3) is 0 Å². The van der Waals surface area contributed by atoms with Gasteiger partial charge < -0.3 is 9.84 Å². The van der Waals surface area contributed by atoms with Gasteiger partial charge in [0.05, 0.1) is 12.7 Å². The molecule has 0 aliphatic rings. The number of carbonyl (C=O) groups excluding carboxylic acids is 1. The van der Waals surface area contributed by atoms with E-state index in [4.69, 9.17) is 0 Å². The number of rotatable bonds is 11. The summed E-state index contributed by atoms with van der Waals surface area (Å²) in [5.74, 6) is -0.951. The minimum atomic E-state index is -1.90. The van der Waals surface area contributed by atoms with Crippen LogP contribution in [0.1, 0.15) is 65.2 Å². The maximum Gasteiger partial charge on any atom is 0.343 e. The molecule has 0 radical (unpaired) electrons. The molecule has 4 heteroatoms. The van der Waals surface area contributed by atoms with Crippen molar-refractivity contribution in [1.29, 1.82) is 0 Å². The van der Waals surface area contributed by atoms with Gasteiger partial charge in [-0.3, -0.25) is 0 Å². The first-order valence-electron chi connectivity index (χ1n) is 7.12. The van der Waals surface area contributed by atoms with E-state index in [9.17, 15) is 14.3 Å². The summed E-state index contributed by atoms with van der Waals surface area (Å²) in [5.41, 5.74) is 0. The molecule has 108 valence electrons. The second kappa shape index (κ2) is 11.5. The first-order chi connectivity index (χ1) is 8.63. The topological polar surface area (TPSA) is 46.5 Å². The minimum absolute atomic E-state index is 0.142. The van der Waals surface area contributed by atoms with Crippen LogP contribution in [0.25, 0.3) is 0 Å². The Bertz CT molecular complexity index is 209. The van der Waals surface area contributed by atoms with Crippen molar-refractivity contribution >= 4 is 5.97 Å². The lowest BCUT2D eigenvalue weighted by Gasteiger charge is -2.14. The van der Waals surface area contributed by atoms with E-state index in [0.29, 0.717) is 6.42 Å². The van der Waals surface area contributed by atoms with Gasteiger partial charge in [-0.15, -0.1) is 0 Å². The van der Waals surface area contributed by atoms with Gasteiger partial charge in [-0.05, 0) is 13.3 Å². The van der Waals surface area contributed by atoms with Crippen molar-refractivity contribution < 1.29 is 19.0 Å². The predicted octanol–water partition coefficient (Wildman–Crippen LogP) is 3.39. The number of alkyl halides is 1. The van der Waals surface area contributed by atoms with Crippen LogP contribution in [0.4, 0.5) is 4.39 Å². The molecule has 3 nitrogen and oxygen atoms in total. The van der Waals surface area contributed by atoms with Gasteiger partial charge in [-0.1, -0.05) is 51.9 Å². The van der Waals surface area contributed by atoms with E-state index in [1.54, 1.807) is 6.92 Å². The quantitative estimate of drug-likeness (QED) is 0.458. The highest BCUT2D eigenvalue weighted by Crippen LogP contribution is 2.13. The maximum atomic E-state index is 13.3. The van der Waals surface area contributed by atoms with Crippen LogP contribution in [-0.4, -0.2) is 30.0 Å². The number of hydrogen-bond acceptors (Lipinski definition) is 3. The standard InChI is InChI=1S/C14H27FO3/c1-3-5-6-7-8-9-10-11-12(16)13(15)14(17)18-4-2/h12-13,16H,3-11H2,1-2H3. The third-order valence-electron chi connectivity index (χ3n) is 2.95. The Kier molecular flexibility index (Phi) is 11.0. The van der Waals surface area contributed by atoms with Crippen molar-refractivity contribution in [2.24, 2.45) is 0 Å². The van der Waals surface area contributed by atoms with Crippen LogP contribution in [0.3, 0.4) is 0 Å². The van der Waals surface area contributed by atoms with Crippen molar-refractivity contribution in [2.45, 2.75) is 77.5 Å². The van der Waals surface area contributed by atoms with E-state index in [0.717, 1.165) is 19.3 Å². The largest absolute Gasteiger partial charge is 0.464 e. The summed E-state index contributed by atoms with van der Waals surface area (Å²) in [7, 11) is 0. The minimum Gasteiger partial charge on any atom is -0.464 e. The van der Waals surface area contributed by atoms with E-state index >= 15 is 0 Å². The number of aliphatic hydroxyl groups excluding tert-OH is 1. The molecule has 0 saturated heterocycles. The first-order valence-corrected chi connectivity index (χ1v) is 7.12. The Labute approximate surface area is 110 Å². The zero-order valence-electron chi connectivity index (χ0n) is 11.7. The molecular formula is C14H27FO3. The third-order valence-corrected chi connectivity index (χ3v) is 2.95. The van der Waals surface area contributed by atoms with Crippen LogP contribution in [-0.2, 0) is 9.53 Å². The fraction of sp³-hybridized carbons (Fsp3) is 0.929. The molecule has 0 saturated carbocycles. The Hall–Kier alpha value is -0.640. The van der Waals surface area contributed by atoms with Crippen molar-refractivity contribution in [2.75, 3.05) is 6.61 Å². The normalized spacial score (nSPS) is 14.2. The molecule has 1 N–H and O–H groups in total. The van der Waals surface area contributed by atoms with Gasteiger partial charge in [0, 0.05) is 0 Å². The second-order valence-corrected chi connectivity index (χ2v) is 4.63. The number of esters is 1. The fourth-order valence-electron chi connectivity index (χ4n) is 1.84. The summed E-state index contributed by atoms with van der Waals surface area (Å²) in [4.78, 5) is 11.0. The highest BCUT2D eigenvalue weighted by atomic mass is 19.1. The Morgan fingerprint density at radius 1 is 1.11 bits per heavy atom. The molecule has 0 aromatic carbocycles. The van der Waals surface area contributed by atoms with Gasteiger partial charge in [0.1, 0.15) is 0 Å². The molecule has 0 bridgehead atoms. The predicted molar refractivity (Wildman–Crippen MR) is 70.1 cm³/mol. The summed E-state index contributed by atoms with van der Waals surface area (Å²) in [6.45, 7) is 3.93. The molecule has 0 spiro atoms. The van der Waals surface area contributed by atoms with E-state index in [1.807, 2.05) is 0 Å². The van der Waals surface area contributed by atoms with Gasteiger partial charge >= 0.3 is 5.97 Å². The Morgan fingerprint density at radius 3 is 2.22 bits per heavy atom. The number of hydrogen-bond donors (Lipinski definition) is 1. The van der Waals surface area contributed by atoms with Crippen molar-refractivity contribution in [3.63, 3.8) is 0 Å². The van der Waals surface area contributed by atoms with Crippen LogP contribution in [0.5, 0.6) is 0 Å². The summed E-state index contributed by atoms with van der Waals surface area (Å²) in [6, 6.07) is 0. The second-order valence-electron chi connectivity index (χ2n) is 4.63. The molecule has 2 unspecified atom stereocenters. The molecule has 0 aromatic rings. The first kappa shape index (κ1) is 17.4. The number of unbranched alkanes of at least 4 members (excludes halogenated alkanes) is 6. The molecule has 0 aromatic heterocycles. The Morgan fingerprint density at radius 2 is 1.67 bits per heavy atom. The molecule has 0 aliphatic carbocycles. The van der Waals surface area contributed by atoms with E-state index < -0.39 is 18.2 Å². The van der Waals surface area contributed by atoms with Gasteiger partial charge in [-0.25, -0.2) is 9.18 Å². The number of halogens is 1. The average Bonchev–Trinajstić information content (AvgIpc) is 2.36. The van der Waals surface area contributed by atoms with Crippen LogP contribution in [0.2, 0.25) is 0 Å². The summed E-state index contributed by atoms with van der Waals surface area (Å²) < 4.78 is 17.9. The average molecular weight is 262 g/mol. The fourth-order valence-corrected chi connectivity index (χ4v) is 1.84. The summed E-state index contributed by atoms with van der Waals surface area (Å²) in [6.07, 6.45) is 4.99. The molecule has 0 aliphatic heterocycles. The van der Waals surface area contributed by atoms with Crippen molar-refractivity contribution in [3.8, 4) is 0 Å². The molecule has 2 atom stereocenters. The summed E-state index contributed by atoms with van der Waals surface area (Å²) in [5, 5.41) is 9.48. The zero-order valence-corrected chi connectivity index (χ0v) is 11.7. The van der Waals surface area contributed by atoms with Crippen LogP contribution < -0.4 is 0 Å². The van der Waals surface area contributed by atoms with E-state index in [-0.39, 0.29) is 6.61 Å². The van der Waals surface area contributed by atoms with Crippen molar-refractivity contribution in [3.05, 3.63) is 0 Å². The lowest BCUT2D eigenvalue weighted by Crippen LogP contribution is -2.31. The summed E-state index contributed by atoms with van der Waals surface area (Å²) >= 11 is 0. The monoisotopic (exact) mass is 262 g/mol. The number of carbonyl (C=O) groups is 1. The van der Waals surface area contributed by atoms with Crippen molar-refractivity contribution in [1.82, 2.24) is 0 Å². The molecule has 0 rings (SSSR count). The zero-order chi connectivity index (χ0) is 13.8. The molecule has 0 heterocycles. The van der Waals surface area contributed by atoms with E-state index in [2.05, 4.69) is 11.7 Å². The third kappa shape index (κ3) is 8.45. The van der Waals surface area contributed by atoms with Gasteiger partial charge in [0.2, 0.25) is 6.17 Å². The molecule has 0 fully saturated rings. The SMILES string of the molecule is CCCCCCCCCC(O)C(F)C(=O)OCC. The van der Waals surface area contributed by atoms with Crippen LogP contribution in [0, 0.1) is 0 Å². The van der Waals surface area contributed by atoms with Gasteiger partial charge in [-0.2, -0.15) is 0 Å². The smallest absolute Gasteiger partial charge is 0.343 e. The number of ether oxygens (including phenoxy) is 1. The van der Waals surface area contributed by atoms with Crippen LogP contribution in [0.15, 0.2) is 0 Å². The lowest BCUT2D eigenvalue weighted by molar-refractivity contribution is -0.153. The molecular weight excluding hydrogens is 235 g/mol. The maximum absolute atomic E-state index is 13.3. The van der Waals surface area contributed by atoms with Crippen LogP contribution >= 0.6 is 0 Å². The van der Waals surface area contributed by atoms with Gasteiger partial charge in [0.15, 0.2) is 0 Å².